The highest BCUT2D eigenvalue weighted by Gasteiger charge is 2.19. The van der Waals surface area contributed by atoms with Crippen LogP contribution in [0.25, 0.3) is 10.9 Å². The van der Waals surface area contributed by atoms with E-state index in [4.69, 9.17) is 0 Å². The lowest BCUT2D eigenvalue weighted by Crippen LogP contribution is -2.12. The van der Waals surface area contributed by atoms with Gasteiger partial charge >= 0.3 is 0 Å². The molecule has 2 nitrogen and oxygen atoms in total. The minimum atomic E-state index is -0.269. The molecule has 1 unspecified atom stereocenters. The molecule has 0 amide bonds. The molecule has 2 aromatic carbocycles. The zero-order chi connectivity index (χ0) is 14.8. The molecule has 21 heavy (non-hydrogen) atoms. The molecule has 0 aliphatic rings. The molecule has 3 rings (SSSR count). The number of rotatable bonds is 4. The summed E-state index contributed by atoms with van der Waals surface area (Å²) in [7, 11) is 0. The quantitative estimate of drug-likeness (QED) is 0.561. The van der Waals surface area contributed by atoms with E-state index >= 15 is 0 Å². The fraction of sp³-hybridized carbons (Fsp3) is 0.118. The number of hydrogen-bond donors (Lipinski definition) is 1. The normalized spacial score (nSPS) is 12.5. The van der Waals surface area contributed by atoms with E-state index in [0.29, 0.717) is 5.56 Å². The highest BCUT2D eigenvalue weighted by atomic mass is 32.2. The summed E-state index contributed by atoms with van der Waals surface area (Å²) in [5.41, 5.74) is 1.66. The van der Waals surface area contributed by atoms with Gasteiger partial charge in [0.1, 0.15) is 5.82 Å². The number of para-hydroxylation sites is 1. The van der Waals surface area contributed by atoms with Gasteiger partial charge in [0.05, 0.1) is 5.25 Å². The zero-order valence-corrected chi connectivity index (χ0v) is 12.3. The van der Waals surface area contributed by atoms with Crippen molar-refractivity contribution >= 4 is 28.4 Å². The fourth-order valence-corrected chi connectivity index (χ4v) is 3.20. The third-order valence-electron chi connectivity index (χ3n) is 3.35. The number of carbonyl (C=O) groups is 1. The number of aromatic nitrogens is 1. The first-order valence-electron chi connectivity index (χ1n) is 6.68. The van der Waals surface area contributed by atoms with Crippen LogP contribution in [0, 0.1) is 5.82 Å². The van der Waals surface area contributed by atoms with Gasteiger partial charge in [0.25, 0.3) is 0 Å². The maximum Gasteiger partial charge on any atom is 0.178 e. The van der Waals surface area contributed by atoms with Crippen LogP contribution in [-0.4, -0.2) is 16.0 Å². The Kier molecular flexibility index (Phi) is 3.80. The lowest BCUT2D eigenvalue weighted by molar-refractivity contribution is 0.0995. The topological polar surface area (TPSA) is 32.9 Å². The van der Waals surface area contributed by atoms with E-state index in [0.717, 1.165) is 15.8 Å². The van der Waals surface area contributed by atoms with Crippen LogP contribution in [0.15, 0.2) is 59.6 Å². The average Bonchev–Trinajstić information content (AvgIpc) is 2.92. The van der Waals surface area contributed by atoms with Crippen molar-refractivity contribution in [3.63, 3.8) is 0 Å². The third kappa shape index (κ3) is 2.85. The molecular formula is C17H14FNOS. The predicted octanol–water partition coefficient (Wildman–Crippen LogP) is 4.67. The second-order valence-electron chi connectivity index (χ2n) is 4.83. The van der Waals surface area contributed by atoms with Gasteiger partial charge in [0.2, 0.25) is 0 Å². The zero-order valence-electron chi connectivity index (χ0n) is 11.5. The largest absolute Gasteiger partial charge is 0.360 e. The molecule has 1 heterocycles. The molecule has 0 aliphatic heterocycles. The van der Waals surface area contributed by atoms with Crippen LogP contribution < -0.4 is 0 Å². The van der Waals surface area contributed by atoms with E-state index in [1.165, 1.54) is 23.9 Å². The average molecular weight is 299 g/mol. The summed E-state index contributed by atoms with van der Waals surface area (Å²) in [6, 6.07) is 13.9. The number of ketones is 1. The van der Waals surface area contributed by atoms with Crippen LogP contribution >= 0.6 is 11.8 Å². The maximum atomic E-state index is 12.9. The molecule has 1 aromatic heterocycles. The van der Waals surface area contributed by atoms with Crippen LogP contribution in [0.1, 0.15) is 17.3 Å². The molecule has 0 bridgehead atoms. The van der Waals surface area contributed by atoms with E-state index in [-0.39, 0.29) is 16.9 Å². The van der Waals surface area contributed by atoms with Gasteiger partial charge < -0.3 is 4.98 Å². The van der Waals surface area contributed by atoms with E-state index in [1.807, 2.05) is 31.2 Å². The van der Waals surface area contributed by atoms with E-state index in [1.54, 1.807) is 18.3 Å². The Morgan fingerprint density at radius 3 is 2.62 bits per heavy atom. The van der Waals surface area contributed by atoms with E-state index in [2.05, 4.69) is 4.98 Å². The molecule has 3 aromatic rings. The van der Waals surface area contributed by atoms with Gasteiger partial charge in [-0.3, -0.25) is 4.79 Å². The lowest BCUT2D eigenvalue weighted by Gasteiger charge is -2.09. The number of H-pyrrole nitrogens is 1. The molecule has 4 heteroatoms. The summed E-state index contributed by atoms with van der Waals surface area (Å²) in [6.45, 7) is 1.87. The molecule has 0 spiro atoms. The monoisotopic (exact) mass is 299 g/mol. The highest BCUT2D eigenvalue weighted by Crippen LogP contribution is 2.28. The van der Waals surface area contributed by atoms with Crippen LogP contribution in [0.3, 0.4) is 0 Å². The minimum Gasteiger partial charge on any atom is -0.360 e. The fourth-order valence-electron chi connectivity index (χ4n) is 2.27. The Hall–Kier alpha value is -2.07. The smallest absolute Gasteiger partial charge is 0.178 e. The molecule has 0 radical (unpaired) electrons. The first-order valence-corrected chi connectivity index (χ1v) is 7.55. The van der Waals surface area contributed by atoms with Crippen LogP contribution in [0.2, 0.25) is 0 Å². The Labute approximate surface area is 126 Å². The predicted molar refractivity (Wildman–Crippen MR) is 84.3 cm³/mol. The third-order valence-corrected chi connectivity index (χ3v) is 4.46. The molecule has 0 saturated heterocycles. The Morgan fingerprint density at radius 2 is 1.86 bits per heavy atom. The number of nitrogens with one attached hydrogen (secondary N) is 1. The number of thioether (sulfide) groups is 1. The van der Waals surface area contributed by atoms with Crippen LogP contribution in [0.4, 0.5) is 4.39 Å². The number of hydrogen-bond acceptors (Lipinski definition) is 2. The van der Waals surface area contributed by atoms with Gasteiger partial charge in [-0.2, -0.15) is 0 Å². The Bertz CT molecular complexity index is 779. The first-order chi connectivity index (χ1) is 10.1. The molecule has 0 saturated carbocycles. The van der Waals surface area contributed by atoms with Gasteiger partial charge in [0.15, 0.2) is 5.78 Å². The van der Waals surface area contributed by atoms with Gasteiger partial charge in [-0.05, 0) is 37.3 Å². The van der Waals surface area contributed by atoms with Gasteiger partial charge in [-0.25, -0.2) is 4.39 Å². The SMILES string of the molecule is CC(Sc1ccc(F)cc1)C(=O)c1c[nH]c2ccccc12. The van der Waals surface area contributed by atoms with Gasteiger partial charge in [-0.15, -0.1) is 11.8 Å². The summed E-state index contributed by atoms with van der Waals surface area (Å²) in [5, 5.41) is 0.712. The molecule has 106 valence electrons. The maximum absolute atomic E-state index is 12.9. The van der Waals surface area contributed by atoms with Crippen molar-refractivity contribution in [1.82, 2.24) is 4.98 Å². The Balaban J connectivity index is 1.82. The number of Topliss-reactive ketones (excluding diaryl/α,β-unsaturated/α-hetero) is 1. The van der Waals surface area contributed by atoms with Gasteiger partial charge in [0, 0.05) is 27.6 Å². The summed E-state index contributed by atoms with van der Waals surface area (Å²) < 4.78 is 12.9. The molecule has 0 fully saturated rings. The van der Waals surface area contributed by atoms with Crippen molar-refractivity contribution in [2.45, 2.75) is 17.1 Å². The summed E-state index contributed by atoms with van der Waals surface area (Å²) in [6.07, 6.45) is 1.76. The van der Waals surface area contributed by atoms with Crippen molar-refractivity contribution in [2.24, 2.45) is 0 Å². The lowest BCUT2D eigenvalue weighted by atomic mass is 10.1. The molecule has 0 aliphatic carbocycles. The molecule has 1 atom stereocenters. The number of benzene rings is 2. The second kappa shape index (κ2) is 5.74. The van der Waals surface area contributed by atoms with Crippen molar-refractivity contribution in [3.05, 3.63) is 66.1 Å². The second-order valence-corrected chi connectivity index (χ2v) is 6.24. The number of carbonyl (C=O) groups excluding carboxylic acids is 1. The summed E-state index contributed by atoms with van der Waals surface area (Å²) >= 11 is 1.44. The van der Waals surface area contributed by atoms with E-state index < -0.39 is 0 Å². The molecule has 1 N–H and O–H groups in total. The molecular weight excluding hydrogens is 285 g/mol. The number of aromatic amines is 1. The van der Waals surface area contributed by atoms with Crippen molar-refractivity contribution in [3.8, 4) is 0 Å². The van der Waals surface area contributed by atoms with Crippen molar-refractivity contribution < 1.29 is 9.18 Å². The van der Waals surface area contributed by atoms with Crippen LogP contribution in [-0.2, 0) is 0 Å². The van der Waals surface area contributed by atoms with Crippen molar-refractivity contribution in [1.29, 1.82) is 0 Å². The Morgan fingerprint density at radius 1 is 1.14 bits per heavy atom. The van der Waals surface area contributed by atoms with Gasteiger partial charge in [-0.1, -0.05) is 18.2 Å². The first kappa shape index (κ1) is 13.9. The number of fused-ring (bicyclic) bond motifs is 1. The minimum absolute atomic E-state index is 0.0711. The summed E-state index contributed by atoms with van der Waals surface area (Å²) in [4.78, 5) is 16.6. The highest BCUT2D eigenvalue weighted by molar-refractivity contribution is 8.00. The summed E-state index contributed by atoms with van der Waals surface area (Å²) in [5.74, 6) is -0.197. The van der Waals surface area contributed by atoms with E-state index in [9.17, 15) is 9.18 Å². The van der Waals surface area contributed by atoms with Crippen molar-refractivity contribution in [2.75, 3.05) is 0 Å². The number of halogens is 1. The van der Waals surface area contributed by atoms with Crippen LogP contribution in [0.5, 0.6) is 0 Å². The standard InChI is InChI=1S/C17H14FNOS/c1-11(21-13-8-6-12(18)7-9-13)17(20)15-10-19-16-5-3-2-4-14(15)16/h2-11,19H,1H3.